The summed E-state index contributed by atoms with van der Waals surface area (Å²) in [6.07, 6.45) is 26.7. The van der Waals surface area contributed by atoms with E-state index in [4.69, 9.17) is 10.2 Å². The van der Waals surface area contributed by atoms with Crippen LogP contribution < -0.4 is 5.32 Å². The molecule has 0 aromatic heterocycles. The summed E-state index contributed by atoms with van der Waals surface area (Å²) in [7, 11) is 0. The number of amides is 1. The van der Waals surface area contributed by atoms with E-state index in [1.54, 1.807) is 0 Å². The third-order valence-corrected chi connectivity index (χ3v) is 4.05. The maximum atomic E-state index is 11.5. The standard InChI is InChI=1S/C23H37NO4/c1-2-3-4-5-6-7-8-9-10-11-12-13-14-15-16-17-18-19-22(26)24-21(20-25)23(27)28/h6-7,9-10,12-13,15-16,21,25H,2-5,8,11,14,17-20H2,1H3,(H,24,26)(H,27,28)/b7-6+,10-9+,13-12+,16-15+/t21-/m0/s1. The Hall–Kier alpha value is -2.14. The number of aliphatic hydroxyl groups is 1. The van der Waals surface area contributed by atoms with Crippen LogP contribution in [-0.2, 0) is 9.59 Å². The SMILES string of the molecule is CCCCC/C=C/C/C=C/C/C=C/C/C=C/CCCC(=O)N[C@@H](CO)C(=O)O. The fourth-order valence-electron chi connectivity index (χ4n) is 2.39. The number of rotatable bonds is 17. The minimum absolute atomic E-state index is 0.252. The molecule has 0 radical (unpaired) electrons. The lowest BCUT2D eigenvalue weighted by Crippen LogP contribution is -2.43. The van der Waals surface area contributed by atoms with Gasteiger partial charge in [0.1, 0.15) is 6.04 Å². The average molecular weight is 392 g/mol. The van der Waals surface area contributed by atoms with Crippen molar-refractivity contribution in [1.29, 1.82) is 0 Å². The van der Waals surface area contributed by atoms with Crippen LogP contribution in [0.1, 0.15) is 71.1 Å². The molecule has 0 bridgehead atoms. The second-order valence-corrected chi connectivity index (χ2v) is 6.62. The van der Waals surface area contributed by atoms with Crippen molar-refractivity contribution in [2.24, 2.45) is 0 Å². The number of hydrogen-bond donors (Lipinski definition) is 3. The molecule has 28 heavy (non-hydrogen) atoms. The Morgan fingerprint density at radius 2 is 1.32 bits per heavy atom. The van der Waals surface area contributed by atoms with Crippen molar-refractivity contribution in [2.45, 2.75) is 77.2 Å². The lowest BCUT2D eigenvalue weighted by Gasteiger charge is -2.10. The lowest BCUT2D eigenvalue weighted by molar-refractivity contribution is -0.142. The normalized spacial score (nSPS) is 13.2. The van der Waals surface area contributed by atoms with E-state index >= 15 is 0 Å². The molecule has 0 aliphatic rings. The highest BCUT2D eigenvalue weighted by atomic mass is 16.4. The Morgan fingerprint density at radius 1 is 0.821 bits per heavy atom. The van der Waals surface area contributed by atoms with Gasteiger partial charge in [-0.1, -0.05) is 68.4 Å². The van der Waals surface area contributed by atoms with Crippen LogP contribution in [0, 0.1) is 0 Å². The van der Waals surface area contributed by atoms with Crippen LogP contribution in [0.2, 0.25) is 0 Å². The van der Waals surface area contributed by atoms with Crippen LogP contribution in [0.4, 0.5) is 0 Å². The average Bonchev–Trinajstić information content (AvgIpc) is 2.68. The molecule has 0 heterocycles. The molecule has 0 rings (SSSR count). The van der Waals surface area contributed by atoms with Crippen molar-refractivity contribution in [2.75, 3.05) is 6.61 Å². The van der Waals surface area contributed by atoms with E-state index in [0.717, 1.165) is 25.7 Å². The topological polar surface area (TPSA) is 86.6 Å². The molecular weight excluding hydrogens is 354 g/mol. The van der Waals surface area contributed by atoms with Gasteiger partial charge in [-0.05, 0) is 44.9 Å². The number of carboxylic acids is 1. The van der Waals surface area contributed by atoms with Gasteiger partial charge < -0.3 is 15.5 Å². The van der Waals surface area contributed by atoms with E-state index in [2.05, 4.69) is 54.8 Å². The molecule has 0 spiro atoms. The smallest absolute Gasteiger partial charge is 0.328 e. The Kier molecular flexibility index (Phi) is 18.1. The molecule has 5 heteroatoms. The van der Waals surface area contributed by atoms with E-state index in [-0.39, 0.29) is 12.3 Å². The van der Waals surface area contributed by atoms with Gasteiger partial charge in [0.15, 0.2) is 0 Å². The zero-order chi connectivity index (χ0) is 20.9. The van der Waals surface area contributed by atoms with E-state index in [1.807, 2.05) is 6.08 Å². The van der Waals surface area contributed by atoms with Crippen molar-refractivity contribution in [3.63, 3.8) is 0 Å². The molecule has 0 unspecified atom stereocenters. The third kappa shape index (κ3) is 17.3. The molecule has 0 aliphatic heterocycles. The molecule has 1 amide bonds. The second kappa shape index (κ2) is 19.6. The number of unbranched alkanes of at least 4 members (excludes halogenated alkanes) is 4. The van der Waals surface area contributed by atoms with E-state index < -0.39 is 18.6 Å². The van der Waals surface area contributed by atoms with E-state index in [9.17, 15) is 9.59 Å². The zero-order valence-corrected chi connectivity index (χ0v) is 17.2. The van der Waals surface area contributed by atoms with Gasteiger partial charge in [-0.15, -0.1) is 0 Å². The van der Waals surface area contributed by atoms with Gasteiger partial charge in [-0.25, -0.2) is 4.79 Å². The summed E-state index contributed by atoms with van der Waals surface area (Å²) in [5.74, 6) is -1.58. The number of hydrogen-bond acceptors (Lipinski definition) is 3. The van der Waals surface area contributed by atoms with Crippen molar-refractivity contribution in [3.8, 4) is 0 Å². The van der Waals surface area contributed by atoms with Crippen LogP contribution in [0.25, 0.3) is 0 Å². The highest BCUT2D eigenvalue weighted by molar-refractivity contribution is 5.83. The first-order valence-electron chi connectivity index (χ1n) is 10.3. The van der Waals surface area contributed by atoms with Gasteiger partial charge in [-0.3, -0.25) is 4.79 Å². The van der Waals surface area contributed by atoms with Crippen molar-refractivity contribution in [3.05, 3.63) is 48.6 Å². The van der Waals surface area contributed by atoms with Crippen LogP contribution >= 0.6 is 0 Å². The minimum atomic E-state index is -1.23. The van der Waals surface area contributed by atoms with Crippen molar-refractivity contribution in [1.82, 2.24) is 5.32 Å². The molecule has 0 fully saturated rings. The van der Waals surface area contributed by atoms with Gasteiger partial charge in [0.2, 0.25) is 5.91 Å². The number of carbonyl (C=O) groups is 2. The molecular formula is C23H37NO4. The quantitative estimate of drug-likeness (QED) is 0.248. The number of carbonyl (C=O) groups excluding carboxylic acids is 1. The van der Waals surface area contributed by atoms with Gasteiger partial charge in [0, 0.05) is 6.42 Å². The maximum absolute atomic E-state index is 11.5. The molecule has 0 aromatic rings. The highest BCUT2D eigenvalue weighted by Gasteiger charge is 2.17. The number of nitrogens with one attached hydrogen (secondary N) is 1. The summed E-state index contributed by atoms with van der Waals surface area (Å²) in [5, 5.41) is 19.9. The monoisotopic (exact) mass is 391 g/mol. The second-order valence-electron chi connectivity index (χ2n) is 6.62. The van der Waals surface area contributed by atoms with Crippen LogP contribution in [0.5, 0.6) is 0 Å². The molecule has 5 nitrogen and oxygen atoms in total. The largest absolute Gasteiger partial charge is 0.480 e. The minimum Gasteiger partial charge on any atom is -0.480 e. The van der Waals surface area contributed by atoms with Crippen molar-refractivity contribution < 1.29 is 19.8 Å². The van der Waals surface area contributed by atoms with E-state index in [0.29, 0.717) is 6.42 Å². The number of aliphatic carboxylic acids is 1. The molecule has 0 aromatic carbocycles. The summed E-state index contributed by atoms with van der Waals surface area (Å²) in [6, 6.07) is -1.22. The molecule has 3 N–H and O–H groups in total. The van der Waals surface area contributed by atoms with Gasteiger partial charge >= 0.3 is 5.97 Å². The molecule has 0 aliphatic carbocycles. The fraction of sp³-hybridized carbons (Fsp3) is 0.565. The number of allylic oxidation sites excluding steroid dienone is 8. The summed E-state index contributed by atoms with van der Waals surface area (Å²) >= 11 is 0. The van der Waals surface area contributed by atoms with Crippen molar-refractivity contribution >= 4 is 11.9 Å². The molecule has 158 valence electrons. The summed E-state index contributed by atoms with van der Waals surface area (Å²) in [6.45, 7) is 1.62. The first-order valence-corrected chi connectivity index (χ1v) is 10.3. The Balaban J connectivity index is 3.62. The Bertz CT molecular complexity index is 521. The molecule has 1 atom stereocenters. The predicted octanol–water partition coefficient (Wildman–Crippen LogP) is 4.69. The summed E-state index contributed by atoms with van der Waals surface area (Å²) < 4.78 is 0. The highest BCUT2D eigenvalue weighted by Crippen LogP contribution is 2.01. The van der Waals surface area contributed by atoms with Crippen LogP contribution in [0.3, 0.4) is 0 Å². The van der Waals surface area contributed by atoms with Gasteiger partial charge in [0.25, 0.3) is 0 Å². The Morgan fingerprint density at radius 3 is 1.79 bits per heavy atom. The van der Waals surface area contributed by atoms with E-state index in [1.165, 1.54) is 25.7 Å². The maximum Gasteiger partial charge on any atom is 0.328 e. The predicted molar refractivity (Wildman–Crippen MR) is 115 cm³/mol. The number of aliphatic hydroxyl groups excluding tert-OH is 1. The summed E-state index contributed by atoms with van der Waals surface area (Å²) in [5.41, 5.74) is 0. The third-order valence-electron chi connectivity index (χ3n) is 4.05. The first kappa shape index (κ1) is 25.9. The van der Waals surface area contributed by atoms with Gasteiger partial charge in [-0.2, -0.15) is 0 Å². The van der Waals surface area contributed by atoms with Crippen LogP contribution in [-0.4, -0.2) is 34.7 Å². The lowest BCUT2D eigenvalue weighted by atomic mass is 10.2. The summed E-state index contributed by atoms with van der Waals surface area (Å²) in [4.78, 5) is 22.2. The molecule has 0 saturated heterocycles. The van der Waals surface area contributed by atoms with Gasteiger partial charge in [0.05, 0.1) is 6.61 Å². The zero-order valence-electron chi connectivity index (χ0n) is 17.2. The fourth-order valence-corrected chi connectivity index (χ4v) is 2.39. The molecule has 0 saturated carbocycles. The number of carboxylic acid groups (broad SMARTS) is 1. The van der Waals surface area contributed by atoms with Crippen LogP contribution in [0.15, 0.2) is 48.6 Å². The Labute approximate surface area is 169 Å². The first-order chi connectivity index (χ1) is 13.6.